The van der Waals surface area contributed by atoms with Crippen LogP contribution < -0.4 is 10.1 Å². The molecule has 0 spiro atoms. The number of hydrogen-bond acceptors (Lipinski definition) is 4. The summed E-state index contributed by atoms with van der Waals surface area (Å²) in [4.78, 5) is 44.2. The van der Waals surface area contributed by atoms with E-state index in [-0.39, 0.29) is 41.2 Å². The highest BCUT2D eigenvalue weighted by Gasteiger charge is 2.45. The molecule has 0 radical (unpaired) electrons. The van der Waals surface area contributed by atoms with Crippen LogP contribution in [0.2, 0.25) is 0 Å². The number of nitrogens with zero attached hydrogens (tertiary/aromatic N) is 3. The fraction of sp³-hybridized carbons (Fsp3) is 0.640. The van der Waals surface area contributed by atoms with Crippen molar-refractivity contribution in [3.05, 3.63) is 29.6 Å². The van der Waals surface area contributed by atoms with Crippen LogP contribution in [0, 0.1) is 17.7 Å². The maximum Gasteiger partial charge on any atom is 0.320 e. The van der Waals surface area contributed by atoms with Gasteiger partial charge in [-0.1, -0.05) is 0 Å². The van der Waals surface area contributed by atoms with Crippen LogP contribution in [0.3, 0.4) is 0 Å². The van der Waals surface area contributed by atoms with Crippen molar-refractivity contribution in [2.24, 2.45) is 11.8 Å². The van der Waals surface area contributed by atoms with Gasteiger partial charge in [-0.3, -0.25) is 9.59 Å². The molecule has 184 valence electrons. The Morgan fingerprint density at radius 1 is 1.09 bits per heavy atom. The highest BCUT2D eigenvalue weighted by molar-refractivity contribution is 5.94. The first-order valence-corrected chi connectivity index (χ1v) is 12.4. The van der Waals surface area contributed by atoms with Gasteiger partial charge in [0.1, 0.15) is 0 Å². The number of fused-ring (bicyclic) bond motifs is 4. The van der Waals surface area contributed by atoms with Crippen LogP contribution in [0.4, 0.5) is 9.18 Å². The number of benzene rings is 1. The van der Waals surface area contributed by atoms with Crippen molar-refractivity contribution >= 4 is 17.8 Å². The van der Waals surface area contributed by atoms with Crippen LogP contribution in [-0.2, 0) is 4.79 Å². The molecular weight excluding hydrogens is 439 g/mol. The van der Waals surface area contributed by atoms with Crippen molar-refractivity contribution in [2.75, 3.05) is 39.8 Å². The molecule has 34 heavy (non-hydrogen) atoms. The Labute approximate surface area is 199 Å². The molecule has 4 heterocycles. The van der Waals surface area contributed by atoms with Gasteiger partial charge in [-0.2, -0.15) is 0 Å². The summed E-state index contributed by atoms with van der Waals surface area (Å²) in [5.74, 6) is 0.245. The number of urea groups is 1. The number of halogens is 1. The predicted octanol–water partition coefficient (Wildman–Crippen LogP) is 2.48. The average Bonchev–Trinajstić information content (AvgIpc) is 2.84. The van der Waals surface area contributed by atoms with Crippen LogP contribution in [0.5, 0.6) is 5.75 Å². The molecule has 4 aliphatic rings. The predicted molar refractivity (Wildman–Crippen MR) is 123 cm³/mol. The number of ether oxygens (including phenoxy) is 1. The molecule has 4 fully saturated rings. The zero-order valence-corrected chi connectivity index (χ0v) is 19.7. The summed E-state index contributed by atoms with van der Waals surface area (Å²) in [6.07, 6.45) is 5.12. The highest BCUT2D eigenvalue weighted by atomic mass is 19.1. The van der Waals surface area contributed by atoms with Crippen LogP contribution in [0.25, 0.3) is 0 Å². The highest BCUT2D eigenvalue weighted by Crippen LogP contribution is 2.38. The zero-order valence-electron chi connectivity index (χ0n) is 19.7. The summed E-state index contributed by atoms with van der Waals surface area (Å²) < 4.78 is 18.8. The van der Waals surface area contributed by atoms with Gasteiger partial charge in [0, 0.05) is 56.8 Å². The summed E-state index contributed by atoms with van der Waals surface area (Å²) >= 11 is 0. The van der Waals surface area contributed by atoms with E-state index >= 15 is 0 Å². The minimum absolute atomic E-state index is 0.0516. The van der Waals surface area contributed by atoms with Gasteiger partial charge in [0.15, 0.2) is 11.6 Å². The number of rotatable bonds is 3. The van der Waals surface area contributed by atoms with Crippen LogP contribution in [0.15, 0.2) is 18.2 Å². The molecule has 1 N–H and O–H groups in total. The van der Waals surface area contributed by atoms with E-state index in [0.29, 0.717) is 50.7 Å². The second-order valence-electron chi connectivity index (χ2n) is 10.1. The third-order valence-corrected chi connectivity index (χ3v) is 7.97. The smallest absolute Gasteiger partial charge is 0.320 e. The summed E-state index contributed by atoms with van der Waals surface area (Å²) in [6.45, 7) is 3.39. The lowest BCUT2D eigenvalue weighted by Gasteiger charge is -2.53. The van der Waals surface area contributed by atoms with E-state index in [1.165, 1.54) is 19.2 Å². The summed E-state index contributed by atoms with van der Waals surface area (Å²) in [6, 6.07) is 4.49. The van der Waals surface area contributed by atoms with Crippen molar-refractivity contribution in [2.45, 2.75) is 50.6 Å². The molecule has 8 nitrogen and oxygen atoms in total. The number of amides is 4. The van der Waals surface area contributed by atoms with Crippen molar-refractivity contribution in [1.29, 1.82) is 0 Å². The van der Waals surface area contributed by atoms with E-state index in [9.17, 15) is 18.8 Å². The fourth-order valence-corrected chi connectivity index (χ4v) is 6.26. The molecule has 4 aliphatic heterocycles. The molecule has 2 unspecified atom stereocenters. The van der Waals surface area contributed by atoms with Gasteiger partial charge in [0.2, 0.25) is 5.91 Å². The maximum absolute atomic E-state index is 13.9. The molecule has 9 heteroatoms. The summed E-state index contributed by atoms with van der Waals surface area (Å²) in [5, 5.41) is 2.97. The Hall–Kier alpha value is -2.84. The van der Waals surface area contributed by atoms with Crippen LogP contribution >= 0.6 is 0 Å². The Morgan fingerprint density at radius 2 is 1.88 bits per heavy atom. The van der Waals surface area contributed by atoms with E-state index in [1.54, 1.807) is 6.07 Å². The quantitative estimate of drug-likeness (QED) is 0.733. The van der Waals surface area contributed by atoms with E-state index in [0.717, 1.165) is 32.4 Å². The molecule has 0 aliphatic carbocycles. The number of methoxy groups -OCH3 is 1. The van der Waals surface area contributed by atoms with E-state index < -0.39 is 5.82 Å². The van der Waals surface area contributed by atoms with Crippen LogP contribution in [-0.4, -0.2) is 84.5 Å². The average molecular weight is 473 g/mol. The second-order valence-corrected chi connectivity index (χ2v) is 10.1. The number of nitrogens with one attached hydrogen (secondary N) is 1. The third kappa shape index (κ3) is 4.44. The number of carbonyl (C=O) groups excluding carboxylic acids is 3. The number of likely N-dealkylation sites (tertiary alicyclic amines) is 2. The standard InChI is InChI=1S/C25H33FN4O4/c1-34-22-6-5-17(12-20(22)26)24(32)27-19-7-9-28(10-8-19)25(33)29-13-16-11-18(15-29)21-3-2-4-23(31)30(21)14-16/h5-6,12,16,18-19,21H,2-4,7-11,13-15H2,1H3,(H,27,32)/t16?,18?,21-/m1/s1. The largest absolute Gasteiger partial charge is 0.494 e. The topological polar surface area (TPSA) is 82.2 Å². The monoisotopic (exact) mass is 472 g/mol. The normalized spacial score (nSPS) is 27.3. The molecule has 4 saturated heterocycles. The first-order valence-electron chi connectivity index (χ1n) is 12.4. The van der Waals surface area contributed by atoms with E-state index in [1.807, 2.05) is 9.80 Å². The molecule has 4 amide bonds. The van der Waals surface area contributed by atoms with Gasteiger partial charge < -0.3 is 24.8 Å². The molecule has 0 saturated carbocycles. The minimum atomic E-state index is -0.567. The number of piperidine rings is 4. The van der Waals surface area contributed by atoms with Gasteiger partial charge in [0.05, 0.1) is 7.11 Å². The van der Waals surface area contributed by atoms with Gasteiger partial charge in [-0.05, 0) is 62.1 Å². The van der Waals surface area contributed by atoms with Crippen molar-refractivity contribution in [1.82, 2.24) is 20.0 Å². The molecule has 1 aromatic carbocycles. The molecule has 1 aromatic rings. The van der Waals surface area contributed by atoms with Gasteiger partial charge in [-0.15, -0.1) is 0 Å². The lowest BCUT2D eigenvalue weighted by Crippen LogP contribution is -2.62. The number of carbonyl (C=O) groups is 3. The molecular formula is C25H33FN4O4. The fourth-order valence-electron chi connectivity index (χ4n) is 6.26. The third-order valence-electron chi connectivity index (χ3n) is 7.97. The first kappa shape index (κ1) is 22.9. The van der Waals surface area contributed by atoms with E-state index in [4.69, 9.17) is 4.74 Å². The Balaban J connectivity index is 1.13. The summed E-state index contributed by atoms with van der Waals surface area (Å²) in [5.41, 5.74) is 0.256. The summed E-state index contributed by atoms with van der Waals surface area (Å²) in [7, 11) is 1.38. The van der Waals surface area contributed by atoms with Gasteiger partial charge in [-0.25, -0.2) is 9.18 Å². The number of hydrogen-bond donors (Lipinski definition) is 1. The van der Waals surface area contributed by atoms with E-state index in [2.05, 4.69) is 10.2 Å². The molecule has 5 rings (SSSR count). The molecule has 3 atom stereocenters. The molecule has 2 bridgehead atoms. The minimum Gasteiger partial charge on any atom is -0.494 e. The van der Waals surface area contributed by atoms with Crippen LogP contribution in [0.1, 0.15) is 48.9 Å². The maximum atomic E-state index is 13.9. The molecule has 0 aromatic heterocycles. The zero-order chi connectivity index (χ0) is 23.8. The SMILES string of the molecule is COc1ccc(C(=O)NC2CCN(C(=O)N3CC4CC(C3)[C@H]3CCCC(=O)N3C4)CC2)cc1F. The first-order chi connectivity index (χ1) is 16.4. The van der Waals surface area contributed by atoms with Crippen molar-refractivity contribution in [3.63, 3.8) is 0 Å². The lowest BCUT2D eigenvalue weighted by atomic mass is 9.76. The lowest BCUT2D eigenvalue weighted by molar-refractivity contribution is -0.144. The second kappa shape index (κ2) is 9.43. The Bertz CT molecular complexity index is 964. The van der Waals surface area contributed by atoms with Gasteiger partial charge >= 0.3 is 6.03 Å². The van der Waals surface area contributed by atoms with Crippen molar-refractivity contribution < 1.29 is 23.5 Å². The van der Waals surface area contributed by atoms with Gasteiger partial charge in [0.25, 0.3) is 5.91 Å². The van der Waals surface area contributed by atoms with Crippen molar-refractivity contribution in [3.8, 4) is 5.75 Å². The Morgan fingerprint density at radius 3 is 2.62 bits per heavy atom. The Kier molecular flexibility index (Phi) is 6.36.